The van der Waals surface area contributed by atoms with Gasteiger partial charge in [-0.3, -0.25) is 19.7 Å². The second kappa shape index (κ2) is 5.37. The van der Waals surface area contributed by atoms with Crippen LogP contribution >= 0.6 is 0 Å². The molecule has 2 N–H and O–H groups in total. The van der Waals surface area contributed by atoms with Crippen molar-refractivity contribution >= 4 is 23.4 Å². The van der Waals surface area contributed by atoms with Crippen LogP contribution in [0.2, 0.25) is 0 Å². The number of nitrogens with one attached hydrogen (secondary N) is 2. The Kier molecular flexibility index (Phi) is 3.62. The second-order valence-corrected chi connectivity index (χ2v) is 7.15. The van der Waals surface area contributed by atoms with Gasteiger partial charge >= 0.3 is 0 Å². The van der Waals surface area contributed by atoms with E-state index in [4.69, 9.17) is 0 Å². The molecule has 0 radical (unpaired) electrons. The zero-order chi connectivity index (χ0) is 16.8. The molecule has 0 saturated carbocycles. The van der Waals surface area contributed by atoms with E-state index < -0.39 is 6.04 Å². The minimum absolute atomic E-state index is 0.0980. The van der Waals surface area contributed by atoms with Gasteiger partial charge in [-0.05, 0) is 44.9 Å². The van der Waals surface area contributed by atoms with Crippen LogP contribution in [0.5, 0.6) is 0 Å². The molecule has 1 aromatic rings. The molecule has 1 atom stereocenters. The Morgan fingerprint density at radius 3 is 2.61 bits per heavy atom. The third kappa shape index (κ3) is 3.06. The summed E-state index contributed by atoms with van der Waals surface area (Å²) in [6.45, 7) is 6.57. The summed E-state index contributed by atoms with van der Waals surface area (Å²) in [4.78, 5) is 37.5. The Hall–Kier alpha value is -2.37. The fourth-order valence-electron chi connectivity index (χ4n) is 3.07. The molecular formula is C17H21N3O3. The molecule has 3 rings (SSSR count). The molecule has 2 aliphatic rings. The number of rotatable bonds is 2. The van der Waals surface area contributed by atoms with Crippen molar-refractivity contribution in [3.63, 3.8) is 0 Å². The SMILES string of the molecule is CC(C)(C)Nc1ccc2c(c1)C(=O)N(C1CCC(=O)NC1=O)C2. The first-order valence-corrected chi connectivity index (χ1v) is 7.80. The van der Waals surface area contributed by atoms with E-state index in [1.165, 1.54) is 0 Å². The van der Waals surface area contributed by atoms with E-state index in [2.05, 4.69) is 31.4 Å². The molecule has 3 amide bonds. The Labute approximate surface area is 135 Å². The summed E-state index contributed by atoms with van der Waals surface area (Å²) in [7, 11) is 0. The molecule has 122 valence electrons. The van der Waals surface area contributed by atoms with Crippen molar-refractivity contribution < 1.29 is 14.4 Å². The van der Waals surface area contributed by atoms with Gasteiger partial charge in [0.15, 0.2) is 0 Å². The van der Waals surface area contributed by atoms with Crippen molar-refractivity contribution in [3.05, 3.63) is 29.3 Å². The van der Waals surface area contributed by atoms with Crippen molar-refractivity contribution in [3.8, 4) is 0 Å². The fraction of sp³-hybridized carbons (Fsp3) is 0.471. The van der Waals surface area contributed by atoms with Crippen LogP contribution in [0.25, 0.3) is 0 Å². The number of fused-ring (bicyclic) bond motifs is 1. The quantitative estimate of drug-likeness (QED) is 0.814. The second-order valence-electron chi connectivity index (χ2n) is 7.15. The lowest BCUT2D eigenvalue weighted by molar-refractivity contribution is -0.136. The molecule has 1 unspecified atom stereocenters. The molecule has 0 aromatic heterocycles. The number of hydrogen-bond donors (Lipinski definition) is 2. The number of imide groups is 1. The monoisotopic (exact) mass is 315 g/mol. The van der Waals surface area contributed by atoms with Gasteiger partial charge in [-0.25, -0.2) is 0 Å². The van der Waals surface area contributed by atoms with Crippen LogP contribution in [0, 0.1) is 0 Å². The maximum atomic E-state index is 12.7. The molecule has 23 heavy (non-hydrogen) atoms. The largest absolute Gasteiger partial charge is 0.380 e. The maximum absolute atomic E-state index is 12.7. The van der Waals surface area contributed by atoms with Crippen molar-refractivity contribution in [1.29, 1.82) is 0 Å². The van der Waals surface area contributed by atoms with E-state index in [1.54, 1.807) is 4.90 Å². The minimum Gasteiger partial charge on any atom is -0.380 e. The number of nitrogens with zero attached hydrogens (tertiary/aromatic N) is 1. The number of piperidine rings is 1. The summed E-state index contributed by atoms with van der Waals surface area (Å²) in [5, 5.41) is 5.66. The van der Waals surface area contributed by atoms with Crippen molar-refractivity contribution in [2.24, 2.45) is 0 Å². The number of anilines is 1. The summed E-state index contributed by atoms with van der Waals surface area (Å²) in [6.07, 6.45) is 0.658. The van der Waals surface area contributed by atoms with Gasteiger partial charge in [0.1, 0.15) is 6.04 Å². The number of carbonyl (C=O) groups is 3. The first kappa shape index (κ1) is 15.5. The third-order valence-electron chi connectivity index (χ3n) is 4.05. The molecule has 1 saturated heterocycles. The van der Waals surface area contributed by atoms with Crippen LogP contribution in [-0.2, 0) is 16.1 Å². The Bertz CT molecular complexity index is 691. The van der Waals surface area contributed by atoms with Gasteiger partial charge in [-0.2, -0.15) is 0 Å². The predicted octanol–water partition coefficient (Wildman–Crippen LogP) is 1.66. The first-order valence-electron chi connectivity index (χ1n) is 7.80. The van der Waals surface area contributed by atoms with Gasteiger partial charge < -0.3 is 10.2 Å². The predicted molar refractivity (Wildman–Crippen MR) is 85.9 cm³/mol. The lowest BCUT2D eigenvalue weighted by Crippen LogP contribution is -2.52. The summed E-state index contributed by atoms with van der Waals surface area (Å²) >= 11 is 0. The highest BCUT2D eigenvalue weighted by atomic mass is 16.2. The Morgan fingerprint density at radius 1 is 1.22 bits per heavy atom. The van der Waals surface area contributed by atoms with Crippen LogP contribution in [0.3, 0.4) is 0 Å². The average Bonchev–Trinajstić information content (AvgIpc) is 2.74. The Morgan fingerprint density at radius 2 is 1.96 bits per heavy atom. The smallest absolute Gasteiger partial charge is 0.255 e. The van der Waals surface area contributed by atoms with E-state index in [9.17, 15) is 14.4 Å². The first-order chi connectivity index (χ1) is 10.7. The van der Waals surface area contributed by atoms with Gasteiger partial charge in [0.25, 0.3) is 5.91 Å². The number of amides is 3. The van der Waals surface area contributed by atoms with Gasteiger partial charge in [0, 0.05) is 29.8 Å². The van der Waals surface area contributed by atoms with Gasteiger partial charge in [0.2, 0.25) is 11.8 Å². The van der Waals surface area contributed by atoms with Crippen LogP contribution in [0.15, 0.2) is 18.2 Å². The van der Waals surface area contributed by atoms with E-state index in [1.807, 2.05) is 18.2 Å². The maximum Gasteiger partial charge on any atom is 0.255 e. The van der Waals surface area contributed by atoms with Gasteiger partial charge in [-0.15, -0.1) is 0 Å². The molecule has 1 aromatic carbocycles. The topological polar surface area (TPSA) is 78.5 Å². The molecule has 6 nitrogen and oxygen atoms in total. The van der Waals surface area contributed by atoms with Gasteiger partial charge in [0.05, 0.1) is 0 Å². The standard InChI is InChI=1S/C17H21N3O3/c1-17(2,3)19-11-5-4-10-9-20(16(23)12(10)8-11)13-6-7-14(21)18-15(13)22/h4-5,8,13,19H,6-7,9H2,1-3H3,(H,18,21,22). The average molecular weight is 315 g/mol. The van der Waals surface area contributed by atoms with Crippen LogP contribution in [0.1, 0.15) is 49.5 Å². The molecule has 2 heterocycles. The van der Waals surface area contributed by atoms with Crippen LogP contribution < -0.4 is 10.6 Å². The van der Waals surface area contributed by atoms with Crippen LogP contribution in [-0.4, -0.2) is 34.2 Å². The number of hydrogen-bond acceptors (Lipinski definition) is 4. The highest BCUT2D eigenvalue weighted by Crippen LogP contribution is 2.30. The summed E-state index contributed by atoms with van der Waals surface area (Å²) in [5.74, 6) is -0.797. The third-order valence-corrected chi connectivity index (χ3v) is 4.05. The number of carbonyl (C=O) groups excluding carboxylic acids is 3. The molecule has 0 aliphatic carbocycles. The number of benzene rings is 1. The fourth-order valence-corrected chi connectivity index (χ4v) is 3.07. The summed E-state index contributed by atoms with van der Waals surface area (Å²) in [6, 6.07) is 5.15. The zero-order valence-corrected chi connectivity index (χ0v) is 13.6. The normalized spacial score (nSPS) is 21.3. The van der Waals surface area contributed by atoms with Gasteiger partial charge in [-0.1, -0.05) is 6.07 Å². The summed E-state index contributed by atoms with van der Waals surface area (Å²) in [5.41, 5.74) is 2.33. The molecule has 2 aliphatic heterocycles. The molecular weight excluding hydrogens is 294 g/mol. The minimum atomic E-state index is -0.563. The lowest BCUT2D eigenvalue weighted by atomic mass is 10.0. The molecule has 1 fully saturated rings. The van der Waals surface area contributed by atoms with Crippen molar-refractivity contribution in [1.82, 2.24) is 10.2 Å². The van der Waals surface area contributed by atoms with E-state index in [-0.39, 0.29) is 29.7 Å². The lowest BCUT2D eigenvalue weighted by Gasteiger charge is -2.29. The highest BCUT2D eigenvalue weighted by Gasteiger charge is 2.39. The highest BCUT2D eigenvalue weighted by molar-refractivity contribution is 6.05. The molecule has 0 bridgehead atoms. The molecule has 6 heteroatoms. The van der Waals surface area contributed by atoms with E-state index in [0.717, 1.165) is 11.3 Å². The summed E-state index contributed by atoms with van der Waals surface area (Å²) < 4.78 is 0. The van der Waals surface area contributed by atoms with Crippen molar-refractivity contribution in [2.75, 3.05) is 5.32 Å². The molecule has 0 spiro atoms. The van der Waals surface area contributed by atoms with Crippen LogP contribution in [0.4, 0.5) is 5.69 Å². The van der Waals surface area contributed by atoms with Crippen molar-refractivity contribution in [2.45, 2.75) is 51.7 Å². The zero-order valence-electron chi connectivity index (χ0n) is 13.6. The Balaban J connectivity index is 1.82. The van der Waals surface area contributed by atoms with E-state index in [0.29, 0.717) is 18.5 Å². The van der Waals surface area contributed by atoms with E-state index >= 15 is 0 Å².